The Morgan fingerprint density at radius 3 is 3.00 bits per heavy atom. The molecule has 1 aliphatic rings. The van der Waals surface area contributed by atoms with Crippen molar-refractivity contribution in [2.45, 2.75) is 45.1 Å². The molecule has 5 nitrogen and oxygen atoms in total. The number of aryl methyl sites for hydroxylation is 1. The summed E-state index contributed by atoms with van der Waals surface area (Å²) in [5, 5.41) is 14.5. The predicted molar refractivity (Wildman–Crippen MR) is 77.0 cm³/mol. The highest BCUT2D eigenvalue weighted by Gasteiger charge is 2.30. The van der Waals surface area contributed by atoms with E-state index >= 15 is 0 Å². The first-order chi connectivity index (χ1) is 9.56. The minimum atomic E-state index is -0.763. The lowest BCUT2D eigenvalue weighted by Gasteiger charge is -2.16. The Morgan fingerprint density at radius 1 is 1.55 bits per heavy atom. The highest BCUT2D eigenvalue weighted by Crippen LogP contribution is 2.38. The molecule has 2 aromatic rings. The van der Waals surface area contributed by atoms with Crippen molar-refractivity contribution < 1.29 is 9.90 Å². The molecule has 1 unspecified atom stereocenters. The predicted octanol–water partition coefficient (Wildman–Crippen LogP) is 3.09. The molecule has 1 aliphatic carbocycles. The molecule has 6 heteroatoms. The van der Waals surface area contributed by atoms with Crippen LogP contribution in [0.4, 0.5) is 0 Å². The first-order valence-corrected chi connectivity index (χ1v) is 7.65. The summed E-state index contributed by atoms with van der Waals surface area (Å²) in [6.45, 7) is 4.15. The zero-order valence-electron chi connectivity index (χ0n) is 11.5. The zero-order chi connectivity index (χ0) is 14.3. The highest BCUT2D eigenvalue weighted by molar-refractivity contribution is 7.15. The lowest BCUT2D eigenvalue weighted by Crippen LogP contribution is -2.17. The van der Waals surface area contributed by atoms with E-state index < -0.39 is 11.9 Å². The quantitative estimate of drug-likeness (QED) is 0.943. The number of nitrogens with zero attached hydrogens (tertiary/aromatic N) is 3. The number of carboxylic acids is 1. The van der Waals surface area contributed by atoms with Crippen LogP contribution in [0, 0.1) is 0 Å². The van der Waals surface area contributed by atoms with Crippen LogP contribution in [0.5, 0.6) is 0 Å². The standard InChI is InChI=1S/C14H17N3O2S/c1-8(2)17-7-9(6-15-17)13-16-12-10(14(18)19)4-3-5-11(12)20-13/h6-8,10H,3-5H2,1-2H3,(H,18,19). The van der Waals surface area contributed by atoms with Gasteiger partial charge in [-0.1, -0.05) is 0 Å². The Balaban J connectivity index is 1.97. The third-order valence-corrected chi connectivity index (χ3v) is 4.81. The van der Waals surface area contributed by atoms with Crippen LogP contribution in [0.2, 0.25) is 0 Å². The molecule has 0 bridgehead atoms. The second-order valence-electron chi connectivity index (χ2n) is 5.41. The molecule has 2 aromatic heterocycles. The molecule has 1 atom stereocenters. The van der Waals surface area contributed by atoms with Crippen molar-refractivity contribution in [2.24, 2.45) is 0 Å². The van der Waals surface area contributed by atoms with Crippen molar-refractivity contribution >= 4 is 17.3 Å². The Kier molecular flexibility index (Phi) is 3.33. The first-order valence-electron chi connectivity index (χ1n) is 6.83. The van der Waals surface area contributed by atoms with E-state index in [9.17, 15) is 9.90 Å². The fraction of sp³-hybridized carbons (Fsp3) is 0.500. The molecule has 0 fully saturated rings. The molecule has 0 spiro atoms. The number of aromatic nitrogens is 3. The van der Waals surface area contributed by atoms with Crippen LogP contribution in [0.3, 0.4) is 0 Å². The maximum atomic E-state index is 11.3. The number of fused-ring (bicyclic) bond motifs is 1. The van der Waals surface area contributed by atoms with E-state index in [1.807, 2.05) is 10.9 Å². The van der Waals surface area contributed by atoms with E-state index in [1.165, 1.54) is 0 Å². The molecule has 20 heavy (non-hydrogen) atoms. The number of rotatable bonds is 3. The Morgan fingerprint density at radius 2 is 2.35 bits per heavy atom. The van der Waals surface area contributed by atoms with Crippen molar-refractivity contribution in [1.29, 1.82) is 0 Å². The normalized spacial score (nSPS) is 18.2. The molecule has 0 aromatic carbocycles. The number of hydrogen-bond acceptors (Lipinski definition) is 4. The first kappa shape index (κ1) is 13.3. The molecule has 106 valence electrons. The third-order valence-electron chi connectivity index (χ3n) is 3.63. The van der Waals surface area contributed by atoms with Gasteiger partial charge in [-0.15, -0.1) is 11.3 Å². The lowest BCUT2D eigenvalue weighted by atomic mass is 9.91. The summed E-state index contributed by atoms with van der Waals surface area (Å²) in [7, 11) is 0. The van der Waals surface area contributed by atoms with Crippen LogP contribution in [-0.4, -0.2) is 25.8 Å². The molecule has 2 heterocycles. The summed E-state index contributed by atoms with van der Waals surface area (Å²) in [6.07, 6.45) is 6.34. The topological polar surface area (TPSA) is 68.0 Å². The fourth-order valence-electron chi connectivity index (χ4n) is 2.51. The summed E-state index contributed by atoms with van der Waals surface area (Å²) >= 11 is 1.61. The van der Waals surface area contributed by atoms with Gasteiger partial charge in [-0.2, -0.15) is 5.10 Å². The van der Waals surface area contributed by atoms with E-state index in [0.717, 1.165) is 34.0 Å². The van der Waals surface area contributed by atoms with Gasteiger partial charge in [0.1, 0.15) is 5.01 Å². The lowest BCUT2D eigenvalue weighted by molar-refractivity contribution is -0.139. The summed E-state index contributed by atoms with van der Waals surface area (Å²) < 4.78 is 1.89. The van der Waals surface area contributed by atoms with Gasteiger partial charge in [-0.05, 0) is 33.1 Å². The Labute approximate surface area is 121 Å². The average molecular weight is 291 g/mol. The van der Waals surface area contributed by atoms with Crippen molar-refractivity contribution in [1.82, 2.24) is 14.8 Å². The Hall–Kier alpha value is -1.69. The van der Waals surface area contributed by atoms with Crippen LogP contribution >= 0.6 is 11.3 Å². The maximum absolute atomic E-state index is 11.3. The van der Waals surface area contributed by atoms with Gasteiger partial charge in [0.25, 0.3) is 0 Å². The maximum Gasteiger partial charge on any atom is 0.312 e. The second kappa shape index (κ2) is 5.01. The van der Waals surface area contributed by atoms with E-state index in [0.29, 0.717) is 12.5 Å². The van der Waals surface area contributed by atoms with Gasteiger partial charge >= 0.3 is 5.97 Å². The van der Waals surface area contributed by atoms with Crippen LogP contribution in [0.15, 0.2) is 12.4 Å². The number of thiazole rings is 1. The summed E-state index contributed by atoms with van der Waals surface area (Å²) in [5.41, 5.74) is 1.74. The van der Waals surface area contributed by atoms with Crippen molar-refractivity contribution in [3.05, 3.63) is 23.0 Å². The van der Waals surface area contributed by atoms with Crippen molar-refractivity contribution in [3.8, 4) is 10.6 Å². The van der Waals surface area contributed by atoms with Gasteiger partial charge in [0.05, 0.1) is 17.8 Å². The van der Waals surface area contributed by atoms with Crippen LogP contribution in [0.25, 0.3) is 10.6 Å². The van der Waals surface area contributed by atoms with Crippen LogP contribution in [-0.2, 0) is 11.2 Å². The van der Waals surface area contributed by atoms with E-state index in [1.54, 1.807) is 17.5 Å². The molecular formula is C14H17N3O2S. The second-order valence-corrected chi connectivity index (χ2v) is 6.50. The number of carboxylic acid groups (broad SMARTS) is 1. The van der Waals surface area contributed by atoms with Gasteiger partial charge in [0, 0.05) is 22.7 Å². The zero-order valence-corrected chi connectivity index (χ0v) is 12.4. The van der Waals surface area contributed by atoms with E-state index in [-0.39, 0.29) is 0 Å². The Bertz CT molecular complexity index is 645. The highest BCUT2D eigenvalue weighted by atomic mass is 32.1. The molecule has 0 saturated carbocycles. The summed E-state index contributed by atoms with van der Waals surface area (Å²) in [5.74, 6) is -1.20. The molecular weight excluding hydrogens is 274 g/mol. The third kappa shape index (κ3) is 2.24. The van der Waals surface area contributed by atoms with Crippen LogP contribution in [0.1, 0.15) is 49.2 Å². The largest absolute Gasteiger partial charge is 0.481 e. The smallest absolute Gasteiger partial charge is 0.312 e. The summed E-state index contributed by atoms with van der Waals surface area (Å²) in [4.78, 5) is 17.0. The van der Waals surface area contributed by atoms with Gasteiger partial charge in [-0.25, -0.2) is 4.98 Å². The number of carbonyl (C=O) groups is 1. The minimum Gasteiger partial charge on any atom is -0.481 e. The molecule has 0 saturated heterocycles. The summed E-state index contributed by atoms with van der Waals surface area (Å²) in [6, 6.07) is 0.310. The van der Waals surface area contributed by atoms with Crippen LogP contribution < -0.4 is 0 Å². The molecule has 0 aliphatic heterocycles. The van der Waals surface area contributed by atoms with Gasteiger partial charge < -0.3 is 5.11 Å². The van der Waals surface area contributed by atoms with Crippen molar-refractivity contribution in [3.63, 3.8) is 0 Å². The number of aliphatic carboxylic acids is 1. The average Bonchev–Trinajstić information content (AvgIpc) is 3.04. The minimum absolute atomic E-state index is 0.310. The van der Waals surface area contributed by atoms with Gasteiger partial charge in [0.15, 0.2) is 0 Å². The van der Waals surface area contributed by atoms with E-state index in [4.69, 9.17) is 0 Å². The fourth-order valence-corrected chi connectivity index (χ4v) is 3.65. The van der Waals surface area contributed by atoms with Gasteiger partial charge in [-0.3, -0.25) is 9.48 Å². The van der Waals surface area contributed by atoms with Crippen molar-refractivity contribution in [2.75, 3.05) is 0 Å². The molecule has 0 amide bonds. The molecule has 3 rings (SSSR count). The molecule has 0 radical (unpaired) electrons. The van der Waals surface area contributed by atoms with Gasteiger partial charge in [0.2, 0.25) is 0 Å². The SMILES string of the molecule is CC(C)n1cc(-c2nc3c(s2)CCCC3C(=O)O)cn1. The number of hydrogen-bond donors (Lipinski definition) is 1. The van der Waals surface area contributed by atoms with E-state index in [2.05, 4.69) is 23.9 Å². The monoisotopic (exact) mass is 291 g/mol. The molecule has 1 N–H and O–H groups in total.